The molecule has 1 rings (SSSR count). The van der Waals surface area contributed by atoms with Crippen molar-refractivity contribution in [1.29, 1.82) is 0 Å². The van der Waals surface area contributed by atoms with Crippen molar-refractivity contribution in [1.82, 2.24) is 5.32 Å². The summed E-state index contributed by atoms with van der Waals surface area (Å²) in [4.78, 5) is 11.9. The number of carbonyl (C=O) groups excluding carboxylic acids is 1. The first-order chi connectivity index (χ1) is 6.53. The second-order valence-electron chi connectivity index (χ2n) is 4.72. The lowest BCUT2D eigenvalue weighted by Crippen LogP contribution is -2.47. The zero-order valence-electron chi connectivity index (χ0n) is 9.47. The van der Waals surface area contributed by atoms with Crippen molar-refractivity contribution in [2.45, 2.75) is 46.1 Å². The van der Waals surface area contributed by atoms with Gasteiger partial charge in [-0.3, -0.25) is 4.79 Å². The summed E-state index contributed by atoms with van der Waals surface area (Å²) < 4.78 is 0. The molecule has 0 heterocycles. The van der Waals surface area contributed by atoms with Gasteiger partial charge in [0.15, 0.2) is 0 Å². The summed E-state index contributed by atoms with van der Waals surface area (Å²) in [5, 5.41) is 3.07. The van der Waals surface area contributed by atoms with Crippen molar-refractivity contribution in [3.63, 3.8) is 0 Å². The summed E-state index contributed by atoms with van der Waals surface area (Å²) in [7, 11) is 0. The minimum Gasteiger partial charge on any atom is -0.353 e. The van der Waals surface area contributed by atoms with Crippen LogP contribution in [0.4, 0.5) is 0 Å². The zero-order valence-corrected chi connectivity index (χ0v) is 9.47. The normalized spacial score (nSPS) is 22.6. The van der Waals surface area contributed by atoms with E-state index in [9.17, 15) is 4.79 Å². The molecule has 0 spiro atoms. The van der Waals surface area contributed by atoms with Crippen LogP contribution in [0.5, 0.6) is 0 Å². The molecule has 0 aromatic carbocycles. The Labute approximate surface area is 86.4 Å². The van der Waals surface area contributed by atoms with Gasteiger partial charge in [-0.25, -0.2) is 0 Å². The lowest BCUT2D eigenvalue weighted by molar-refractivity contribution is -0.130. The minimum atomic E-state index is -0.386. The molecule has 82 valence electrons. The Hall–Kier alpha value is -0.570. The number of carbonyl (C=O) groups is 1. The Morgan fingerprint density at radius 2 is 2.21 bits per heavy atom. The van der Waals surface area contributed by atoms with Crippen molar-refractivity contribution in [3.05, 3.63) is 0 Å². The van der Waals surface area contributed by atoms with Crippen molar-refractivity contribution in [3.8, 4) is 0 Å². The van der Waals surface area contributed by atoms with Crippen LogP contribution in [0.25, 0.3) is 0 Å². The van der Waals surface area contributed by atoms with E-state index >= 15 is 0 Å². The van der Waals surface area contributed by atoms with E-state index in [0.717, 1.165) is 6.42 Å². The van der Waals surface area contributed by atoms with Crippen LogP contribution in [0.3, 0.4) is 0 Å². The summed E-state index contributed by atoms with van der Waals surface area (Å²) in [6.07, 6.45) is 3.31. The fourth-order valence-corrected chi connectivity index (χ4v) is 1.49. The Morgan fingerprint density at radius 3 is 2.57 bits per heavy atom. The van der Waals surface area contributed by atoms with Crippen LogP contribution in [0.15, 0.2) is 0 Å². The van der Waals surface area contributed by atoms with E-state index in [1.165, 1.54) is 12.8 Å². The van der Waals surface area contributed by atoms with Crippen molar-refractivity contribution in [2.75, 3.05) is 6.54 Å². The van der Waals surface area contributed by atoms with Crippen molar-refractivity contribution < 1.29 is 4.79 Å². The third kappa shape index (κ3) is 2.47. The van der Waals surface area contributed by atoms with Gasteiger partial charge in [0.2, 0.25) is 5.91 Å². The molecule has 0 aromatic rings. The molecule has 1 saturated carbocycles. The van der Waals surface area contributed by atoms with Crippen LogP contribution < -0.4 is 11.1 Å². The smallest absolute Gasteiger partial charge is 0.227 e. The van der Waals surface area contributed by atoms with Crippen LogP contribution in [0.1, 0.15) is 40.0 Å². The second-order valence-corrected chi connectivity index (χ2v) is 4.72. The molecule has 0 aliphatic heterocycles. The average molecular weight is 198 g/mol. The largest absolute Gasteiger partial charge is 0.353 e. The van der Waals surface area contributed by atoms with E-state index in [2.05, 4.69) is 12.2 Å². The fraction of sp³-hybridized carbons (Fsp3) is 0.909. The monoisotopic (exact) mass is 198 g/mol. The van der Waals surface area contributed by atoms with E-state index in [4.69, 9.17) is 5.73 Å². The number of nitrogens with two attached hydrogens (primary N) is 1. The average Bonchev–Trinajstić information content (AvgIpc) is 2.99. The van der Waals surface area contributed by atoms with Crippen LogP contribution in [-0.2, 0) is 4.79 Å². The minimum absolute atomic E-state index is 0.113. The van der Waals surface area contributed by atoms with Gasteiger partial charge in [-0.05, 0) is 39.0 Å². The second kappa shape index (κ2) is 4.30. The van der Waals surface area contributed by atoms with E-state index in [1.807, 2.05) is 13.8 Å². The van der Waals surface area contributed by atoms with Crippen molar-refractivity contribution in [2.24, 2.45) is 17.1 Å². The summed E-state index contributed by atoms with van der Waals surface area (Å²) in [6.45, 7) is 6.45. The van der Waals surface area contributed by atoms with Crippen LogP contribution in [0, 0.1) is 11.3 Å². The molecule has 1 fully saturated rings. The van der Waals surface area contributed by atoms with Gasteiger partial charge in [0, 0.05) is 12.6 Å². The SMILES string of the molecule is CCC(C)(CN)C(=O)NC(C)C1CC1. The molecule has 2 atom stereocenters. The van der Waals surface area contributed by atoms with Crippen molar-refractivity contribution >= 4 is 5.91 Å². The highest BCUT2D eigenvalue weighted by Gasteiger charge is 2.34. The molecule has 1 aliphatic rings. The van der Waals surface area contributed by atoms with E-state index in [1.54, 1.807) is 0 Å². The number of hydrogen-bond acceptors (Lipinski definition) is 2. The molecule has 2 unspecified atom stereocenters. The third-order valence-electron chi connectivity index (χ3n) is 3.47. The van der Waals surface area contributed by atoms with Gasteiger partial charge in [0.25, 0.3) is 0 Å². The predicted molar refractivity (Wildman–Crippen MR) is 57.8 cm³/mol. The van der Waals surface area contributed by atoms with Crippen LogP contribution in [-0.4, -0.2) is 18.5 Å². The molecule has 3 N–H and O–H groups in total. The molecular weight excluding hydrogens is 176 g/mol. The maximum absolute atomic E-state index is 11.9. The standard InChI is InChI=1S/C11H22N2O/c1-4-11(3,7-12)10(14)13-8(2)9-5-6-9/h8-9H,4-7,12H2,1-3H3,(H,13,14). The lowest BCUT2D eigenvalue weighted by atomic mass is 9.86. The summed E-state index contributed by atoms with van der Waals surface area (Å²) in [5.41, 5.74) is 5.24. The molecular formula is C11H22N2O. The highest BCUT2D eigenvalue weighted by molar-refractivity contribution is 5.82. The molecule has 1 aliphatic carbocycles. The molecule has 3 nitrogen and oxygen atoms in total. The summed E-state index contributed by atoms with van der Waals surface area (Å²) >= 11 is 0. The maximum Gasteiger partial charge on any atom is 0.227 e. The van der Waals surface area contributed by atoms with Gasteiger partial charge in [-0.2, -0.15) is 0 Å². The first-order valence-electron chi connectivity index (χ1n) is 5.54. The molecule has 1 amide bonds. The Morgan fingerprint density at radius 1 is 1.64 bits per heavy atom. The van der Waals surface area contributed by atoms with Gasteiger partial charge in [0.1, 0.15) is 0 Å². The zero-order chi connectivity index (χ0) is 10.8. The van der Waals surface area contributed by atoms with Crippen LogP contribution in [0.2, 0.25) is 0 Å². The summed E-state index contributed by atoms with van der Waals surface area (Å²) in [6, 6.07) is 0.319. The summed E-state index contributed by atoms with van der Waals surface area (Å²) in [5.74, 6) is 0.819. The first-order valence-corrected chi connectivity index (χ1v) is 5.54. The molecule has 0 aromatic heterocycles. The topological polar surface area (TPSA) is 55.1 Å². The van der Waals surface area contributed by atoms with Gasteiger partial charge < -0.3 is 11.1 Å². The molecule has 3 heteroatoms. The Kier molecular flexibility index (Phi) is 3.53. The quantitative estimate of drug-likeness (QED) is 0.699. The Balaban J connectivity index is 2.46. The van der Waals surface area contributed by atoms with Gasteiger partial charge in [0.05, 0.1) is 5.41 Å². The highest BCUT2D eigenvalue weighted by Crippen LogP contribution is 2.33. The third-order valence-corrected chi connectivity index (χ3v) is 3.47. The number of nitrogens with one attached hydrogen (secondary N) is 1. The maximum atomic E-state index is 11.9. The fourth-order valence-electron chi connectivity index (χ4n) is 1.49. The van der Waals surface area contributed by atoms with Crippen LogP contribution >= 0.6 is 0 Å². The van der Waals surface area contributed by atoms with Gasteiger partial charge in [-0.15, -0.1) is 0 Å². The lowest BCUT2D eigenvalue weighted by Gasteiger charge is -2.27. The predicted octanol–water partition coefficient (Wildman–Crippen LogP) is 1.28. The van der Waals surface area contributed by atoms with E-state index in [0.29, 0.717) is 18.5 Å². The molecule has 14 heavy (non-hydrogen) atoms. The van der Waals surface area contributed by atoms with E-state index in [-0.39, 0.29) is 11.3 Å². The molecule has 0 radical (unpaired) electrons. The number of amides is 1. The number of hydrogen-bond donors (Lipinski definition) is 2. The highest BCUT2D eigenvalue weighted by atomic mass is 16.2. The van der Waals surface area contributed by atoms with Gasteiger partial charge >= 0.3 is 0 Å². The molecule has 0 saturated heterocycles. The van der Waals surface area contributed by atoms with E-state index < -0.39 is 0 Å². The first kappa shape index (κ1) is 11.5. The number of rotatable bonds is 5. The molecule has 0 bridgehead atoms. The van der Waals surface area contributed by atoms with Gasteiger partial charge in [-0.1, -0.05) is 6.92 Å². The Bertz CT molecular complexity index is 207.